The Bertz CT molecular complexity index is 1150. The maximum atomic E-state index is 4.84. The quantitative estimate of drug-likeness (QED) is 0.246. The van der Waals surface area contributed by atoms with Gasteiger partial charge in [-0.25, -0.2) is 9.97 Å². The van der Waals surface area contributed by atoms with Crippen molar-refractivity contribution < 1.29 is 22.4 Å². The molecule has 4 nitrogen and oxygen atoms in total. The van der Waals surface area contributed by atoms with Crippen molar-refractivity contribution in [2.45, 2.75) is 27.7 Å². The predicted octanol–water partition coefficient (Wildman–Crippen LogP) is 5.14. The number of hydrogen-bond acceptors (Lipinski definition) is 2. The van der Waals surface area contributed by atoms with Crippen LogP contribution in [0.4, 0.5) is 0 Å². The van der Waals surface area contributed by atoms with E-state index in [0.29, 0.717) is 0 Å². The molecule has 0 N–H and O–H groups in total. The second kappa shape index (κ2) is 7.30. The predicted molar refractivity (Wildman–Crippen MR) is 116 cm³/mol. The minimum atomic E-state index is 0. The summed E-state index contributed by atoms with van der Waals surface area (Å²) in [5.74, 6) is 0. The molecule has 0 unspecified atom stereocenters. The van der Waals surface area contributed by atoms with Gasteiger partial charge in [-0.3, -0.25) is 0 Å². The zero-order chi connectivity index (χ0) is 19.4. The van der Waals surface area contributed by atoms with Gasteiger partial charge in [-0.2, -0.15) is 0 Å². The van der Waals surface area contributed by atoms with Crippen LogP contribution in [-0.2, 0) is 22.4 Å². The van der Waals surface area contributed by atoms with Gasteiger partial charge in [-0.1, -0.05) is 24.3 Å². The van der Waals surface area contributed by atoms with E-state index in [1.807, 2.05) is 0 Å². The number of fused-ring (bicyclic) bond motifs is 8. The molecule has 5 rings (SSSR count). The average molecular weight is 561 g/mol. The molecule has 29 heavy (non-hydrogen) atoms. The Balaban J connectivity index is 0.00000205. The fourth-order valence-corrected chi connectivity index (χ4v) is 3.64. The van der Waals surface area contributed by atoms with Crippen LogP contribution in [0.15, 0.2) is 24.3 Å². The second-order valence-corrected chi connectivity index (χ2v) is 7.36. The van der Waals surface area contributed by atoms with E-state index in [0.717, 1.165) is 67.1 Å². The molecule has 8 bridgehead atoms. The van der Waals surface area contributed by atoms with E-state index in [4.69, 9.17) is 19.9 Å². The molecular formula is C24H20AuN4-2. The third-order valence-electron chi connectivity index (χ3n) is 5.63. The molecule has 2 aliphatic heterocycles. The third-order valence-corrected chi connectivity index (χ3v) is 5.63. The molecule has 5 heteroatoms. The third kappa shape index (κ3) is 3.23. The van der Waals surface area contributed by atoms with Crippen molar-refractivity contribution in [3.05, 3.63) is 69.3 Å². The van der Waals surface area contributed by atoms with E-state index in [9.17, 15) is 0 Å². The zero-order valence-corrected chi connectivity index (χ0v) is 18.9. The topological polar surface area (TPSA) is 54.0 Å². The van der Waals surface area contributed by atoms with Crippen molar-refractivity contribution in [1.29, 1.82) is 0 Å². The van der Waals surface area contributed by atoms with Gasteiger partial charge in [0.05, 0.1) is 22.8 Å². The Morgan fingerprint density at radius 1 is 0.483 bits per heavy atom. The van der Waals surface area contributed by atoms with Crippen molar-refractivity contribution in [1.82, 2.24) is 19.9 Å². The molecule has 3 aromatic heterocycles. The molecule has 0 amide bonds. The van der Waals surface area contributed by atoms with Crippen molar-refractivity contribution in [2.24, 2.45) is 0 Å². The summed E-state index contributed by atoms with van der Waals surface area (Å²) in [4.78, 5) is 19.4. The largest absolute Gasteiger partial charge is 0.657 e. The molecule has 0 saturated heterocycles. The van der Waals surface area contributed by atoms with Crippen LogP contribution < -0.4 is 9.97 Å². The minimum absolute atomic E-state index is 0. The first-order valence-corrected chi connectivity index (χ1v) is 9.43. The minimum Gasteiger partial charge on any atom is -0.657 e. The molecule has 0 aromatic carbocycles. The Morgan fingerprint density at radius 2 is 0.724 bits per heavy atom. The fraction of sp³-hybridized carbons (Fsp3) is 0.167. The molecule has 0 saturated carbocycles. The Morgan fingerprint density at radius 3 is 0.966 bits per heavy atom. The van der Waals surface area contributed by atoms with Crippen molar-refractivity contribution >= 4 is 46.4 Å². The van der Waals surface area contributed by atoms with Gasteiger partial charge in [0, 0.05) is 22.4 Å². The molecule has 0 fully saturated rings. The van der Waals surface area contributed by atoms with Crippen LogP contribution >= 0.6 is 0 Å². The fourth-order valence-electron chi connectivity index (χ4n) is 3.64. The van der Waals surface area contributed by atoms with Crippen molar-refractivity contribution in [2.75, 3.05) is 0 Å². The smallest absolute Gasteiger partial charge is 0.0654 e. The second-order valence-electron chi connectivity index (χ2n) is 7.36. The van der Waals surface area contributed by atoms with Crippen LogP contribution in [0.3, 0.4) is 0 Å². The maximum Gasteiger partial charge on any atom is 0.0654 e. The van der Waals surface area contributed by atoms with Gasteiger partial charge in [0.2, 0.25) is 0 Å². The molecular weight excluding hydrogens is 541 g/mol. The van der Waals surface area contributed by atoms with Crippen LogP contribution in [0.2, 0.25) is 0 Å². The SMILES string of the molecule is Cc1c2nc(c(C)c3ccc([n-]3)c(C)c3nc(c(C)c4ccc1[n-]4)C=C3)C=C2.[Au]. The average Bonchev–Trinajstić information content (AvgIpc) is 3.49. The zero-order valence-electron chi connectivity index (χ0n) is 16.7. The van der Waals surface area contributed by atoms with Crippen LogP contribution in [0, 0.1) is 27.7 Å². The first-order chi connectivity index (χ1) is 13.5. The summed E-state index contributed by atoms with van der Waals surface area (Å²) in [5.41, 5.74) is 11.9. The monoisotopic (exact) mass is 561 g/mol. The summed E-state index contributed by atoms with van der Waals surface area (Å²) < 4.78 is 0. The summed E-state index contributed by atoms with van der Waals surface area (Å²) >= 11 is 0. The summed E-state index contributed by atoms with van der Waals surface area (Å²) in [5, 5.41) is 0. The van der Waals surface area contributed by atoms with E-state index in [1.54, 1.807) is 0 Å². The van der Waals surface area contributed by atoms with Gasteiger partial charge in [0.1, 0.15) is 0 Å². The molecule has 2 aliphatic rings. The van der Waals surface area contributed by atoms with Crippen molar-refractivity contribution in [3.63, 3.8) is 0 Å². The van der Waals surface area contributed by atoms with E-state index < -0.39 is 0 Å². The number of nitrogens with zero attached hydrogens (tertiary/aromatic N) is 4. The van der Waals surface area contributed by atoms with Gasteiger partial charge in [-0.15, -0.1) is 22.1 Å². The molecule has 5 heterocycles. The number of rotatable bonds is 0. The summed E-state index contributed by atoms with van der Waals surface area (Å²) in [6, 6.07) is 8.23. The number of aryl methyl sites for hydroxylation is 4. The van der Waals surface area contributed by atoms with Crippen LogP contribution in [0.1, 0.15) is 45.0 Å². The van der Waals surface area contributed by atoms with Gasteiger partial charge in [-0.05, 0) is 74.3 Å². The summed E-state index contributed by atoms with van der Waals surface area (Å²) in [6.07, 6.45) is 8.23. The van der Waals surface area contributed by atoms with Crippen LogP contribution in [-0.4, -0.2) is 9.97 Å². The normalized spacial score (nSPS) is 12.3. The van der Waals surface area contributed by atoms with E-state index in [2.05, 4.69) is 76.3 Å². The van der Waals surface area contributed by atoms with Crippen LogP contribution in [0.5, 0.6) is 0 Å². The summed E-state index contributed by atoms with van der Waals surface area (Å²) in [7, 11) is 0. The Hall–Kier alpha value is -2.66. The molecule has 1 radical (unpaired) electrons. The van der Waals surface area contributed by atoms with Gasteiger partial charge >= 0.3 is 0 Å². The molecule has 149 valence electrons. The molecule has 0 spiro atoms. The van der Waals surface area contributed by atoms with Gasteiger partial charge in [0.15, 0.2) is 0 Å². The first kappa shape index (κ1) is 19.6. The first-order valence-electron chi connectivity index (χ1n) is 9.43. The number of aromatic nitrogens is 4. The van der Waals surface area contributed by atoms with E-state index >= 15 is 0 Å². The molecule has 0 aliphatic carbocycles. The number of hydrogen-bond donors (Lipinski definition) is 0. The molecule has 3 aromatic rings. The maximum absolute atomic E-state index is 4.84. The van der Waals surface area contributed by atoms with Crippen LogP contribution in [0.25, 0.3) is 46.4 Å². The van der Waals surface area contributed by atoms with E-state index in [1.165, 1.54) is 0 Å². The summed E-state index contributed by atoms with van der Waals surface area (Å²) in [6.45, 7) is 8.29. The van der Waals surface area contributed by atoms with E-state index in [-0.39, 0.29) is 22.4 Å². The standard InChI is InChI=1S/C24H20N4.Au/c1-13-17-5-7-19(25-17)14(2)21-9-11-23(27-21)16(4)24-12-10-22(28-24)15(3)20-8-6-18(13)26-20;/h5-12H,1-4H3;/q-2;. The van der Waals surface area contributed by atoms with Gasteiger partial charge < -0.3 is 9.97 Å². The van der Waals surface area contributed by atoms with Crippen molar-refractivity contribution in [3.8, 4) is 0 Å². The van der Waals surface area contributed by atoms with Gasteiger partial charge in [0.25, 0.3) is 0 Å². The Kier molecular flexibility index (Phi) is 4.95. The molecule has 0 atom stereocenters. The Labute approximate surface area is 185 Å².